The van der Waals surface area contributed by atoms with Gasteiger partial charge < -0.3 is 10.7 Å². The van der Waals surface area contributed by atoms with Gasteiger partial charge in [0.05, 0.1) is 10.7 Å². The van der Waals surface area contributed by atoms with Gasteiger partial charge in [0.25, 0.3) is 0 Å². The van der Waals surface area contributed by atoms with E-state index in [0.717, 1.165) is 36.0 Å². The third-order valence-electron chi connectivity index (χ3n) is 3.95. The molecular formula is C18H17ClFIN2. The van der Waals surface area contributed by atoms with Gasteiger partial charge in [0.15, 0.2) is 0 Å². The fourth-order valence-electron chi connectivity index (χ4n) is 2.85. The molecule has 0 aliphatic carbocycles. The van der Waals surface area contributed by atoms with Gasteiger partial charge in [-0.05, 0) is 90.4 Å². The van der Waals surface area contributed by atoms with Crippen molar-refractivity contribution >= 4 is 45.1 Å². The van der Waals surface area contributed by atoms with E-state index >= 15 is 0 Å². The van der Waals surface area contributed by atoms with Crippen LogP contribution in [0.3, 0.4) is 0 Å². The summed E-state index contributed by atoms with van der Waals surface area (Å²) >= 11 is 8.59. The average molecular weight is 443 g/mol. The maximum Gasteiger partial charge on any atom is 0.124 e. The van der Waals surface area contributed by atoms with Crippen molar-refractivity contribution in [3.63, 3.8) is 0 Å². The Bertz CT molecular complexity index is 844. The molecule has 1 heterocycles. The van der Waals surface area contributed by atoms with Crippen LogP contribution in [0.2, 0.25) is 5.02 Å². The molecule has 0 aliphatic heterocycles. The van der Waals surface area contributed by atoms with Crippen molar-refractivity contribution in [2.75, 3.05) is 6.54 Å². The molecule has 0 saturated carbocycles. The summed E-state index contributed by atoms with van der Waals surface area (Å²) in [5.41, 5.74) is 9.73. The molecule has 2 nitrogen and oxygen atoms in total. The lowest BCUT2D eigenvalue weighted by atomic mass is 10.0. The second-order valence-corrected chi connectivity index (χ2v) is 7.19. The number of hydrogen-bond acceptors (Lipinski definition) is 1. The van der Waals surface area contributed by atoms with Gasteiger partial charge in [0, 0.05) is 20.0 Å². The Morgan fingerprint density at radius 2 is 1.96 bits per heavy atom. The highest BCUT2D eigenvalue weighted by Crippen LogP contribution is 2.36. The van der Waals surface area contributed by atoms with Crippen LogP contribution in [0, 0.1) is 9.39 Å². The first-order valence-corrected chi connectivity index (χ1v) is 9.01. The molecule has 0 fully saturated rings. The maximum absolute atomic E-state index is 13.4. The van der Waals surface area contributed by atoms with Gasteiger partial charge >= 0.3 is 0 Å². The highest BCUT2D eigenvalue weighted by molar-refractivity contribution is 14.1. The normalized spacial score (nSPS) is 11.3. The molecule has 0 atom stereocenters. The van der Waals surface area contributed by atoms with Crippen LogP contribution < -0.4 is 5.73 Å². The number of rotatable bonds is 5. The number of fused-ring (bicyclic) bond motifs is 1. The standard InChI is InChI=1S/C18H17ClFIN2/c19-16-9-11(20)4-6-14(16)18-13(3-1-2-8-22)15-10-12(21)5-7-17(15)23-18/h4-7,9-10,23H,1-3,8,22H2. The Morgan fingerprint density at radius 1 is 1.13 bits per heavy atom. The molecule has 0 aliphatic rings. The molecule has 0 unspecified atom stereocenters. The second-order valence-electron chi connectivity index (χ2n) is 5.54. The van der Waals surface area contributed by atoms with Gasteiger partial charge in [-0.3, -0.25) is 0 Å². The predicted octanol–water partition coefficient (Wildman–Crippen LogP) is 5.51. The van der Waals surface area contributed by atoms with E-state index < -0.39 is 0 Å². The molecule has 0 bridgehead atoms. The number of unbranched alkanes of at least 4 members (excludes halogenated alkanes) is 1. The summed E-state index contributed by atoms with van der Waals surface area (Å²) < 4.78 is 14.5. The van der Waals surface area contributed by atoms with Crippen LogP contribution in [0.5, 0.6) is 0 Å². The lowest BCUT2D eigenvalue weighted by Gasteiger charge is -2.07. The first kappa shape index (κ1) is 16.7. The van der Waals surface area contributed by atoms with E-state index in [1.807, 2.05) is 0 Å². The van der Waals surface area contributed by atoms with E-state index in [1.54, 1.807) is 6.07 Å². The number of aryl methyl sites for hydroxylation is 1. The van der Waals surface area contributed by atoms with Gasteiger partial charge in [-0.1, -0.05) is 11.6 Å². The molecule has 3 aromatic rings. The van der Waals surface area contributed by atoms with Crippen LogP contribution in [0.25, 0.3) is 22.2 Å². The van der Waals surface area contributed by atoms with Gasteiger partial charge in [0.1, 0.15) is 5.82 Å². The van der Waals surface area contributed by atoms with Crippen LogP contribution in [-0.2, 0) is 6.42 Å². The summed E-state index contributed by atoms with van der Waals surface area (Å²) in [6.07, 6.45) is 2.91. The van der Waals surface area contributed by atoms with Crippen molar-refractivity contribution in [2.45, 2.75) is 19.3 Å². The Hall–Kier alpha value is -1.11. The summed E-state index contributed by atoms with van der Waals surface area (Å²) in [4.78, 5) is 3.45. The number of aromatic amines is 1. The zero-order valence-electron chi connectivity index (χ0n) is 12.5. The molecule has 0 radical (unpaired) electrons. The van der Waals surface area contributed by atoms with Crippen LogP contribution >= 0.6 is 34.2 Å². The van der Waals surface area contributed by atoms with Crippen molar-refractivity contribution in [3.05, 3.63) is 56.4 Å². The minimum atomic E-state index is -0.325. The number of benzene rings is 2. The zero-order valence-corrected chi connectivity index (χ0v) is 15.4. The van der Waals surface area contributed by atoms with Crippen molar-refractivity contribution < 1.29 is 4.39 Å². The van der Waals surface area contributed by atoms with Crippen LogP contribution in [0.1, 0.15) is 18.4 Å². The highest BCUT2D eigenvalue weighted by Gasteiger charge is 2.16. The van der Waals surface area contributed by atoms with Crippen LogP contribution in [-0.4, -0.2) is 11.5 Å². The third kappa shape index (κ3) is 3.54. The lowest BCUT2D eigenvalue weighted by molar-refractivity contribution is 0.628. The minimum absolute atomic E-state index is 0.325. The van der Waals surface area contributed by atoms with Gasteiger partial charge in [0.2, 0.25) is 0 Å². The summed E-state index contributed by atoms with van der Waals surface area (Å²) in [7, 11) is 0. The average Bonchev–Trinajstić information content (AvgIpc) is 2.85. The van der Waals surface area contributed by atoms with Crippen molar-refractivity contribution in [1.82, 2.24) is 4.98 Å². The number of nitrogens with one attached hydrogen (secondary N) is 1. The fourth-order valence-corrected chi connectivity index (χ4v) is 3.60. The Balaban J connectivity index is 2.16. The summed E-state index contributed by atoms with van der Waals surface area (Å²) in [6, 6.07) is 10.9. The summed E-state index contributed by atoms with van der Waals surface area (Å²) in [5.74, 6) is -0.325. The van der Waals surface area contributed by atoms with E-state index in [0.29, 0.717) is 11.6 Å². The topological polar surface area (TPSA) is 41.8 Å². The SMILES string of the molecule is NCCCCc1c(-c2ccc(F)cc2Cl)[nH]c2ccc(I)cc12. The van der Waals surface area contributed by atoms with E-state index in [1.165, 1.54) is 26.7 Å². The minimum Gasteiger partial charge on any atom is -0.354 e. The van der Waals surface area contributed by atoms with Gasteiger partial charge in [-0.2, -0.15) is 0 Å². The monoisotopic (exact) mass is 442 g/mol. The number of H-pyrrole nitrogens is 1. The molecule has 120 valence electrons. The van der Waals surface area contributed by atoms with E-state index in [-0.39, 0.29) is 5.82 Å². The predicted molar refractivity (Wildman–Crippen MR) is 103 cm³/mol. The number of nitrogens with two attached hydrogens (primary N) is 1. The number of halogens is 3. The largest absolute Gasteiger partial charge is 0.354 e. The highest BCUT2D eigenvalue weighted by atomic mass is 127. The number of hydrogen-bond donors (Lipinski definition) is 2. The van der Waals surface area contributed by atoms with Gasteiger partial charge in [-0.25, -0.2) is 4.39 Å². The molecule has 1 aromatic heterocycles. The van der Waals surface area contributed by atoms with E-state index in [9.17, 15) is 4.39 Å². The summed E-state index contributed by atoms with van der Waals surface area (Å²) in [6.45, 7) is 0.687. The third-order valence-corrected chi connectivity index (χ3v) is 4.93. The van der Waals surface area contributed by atoms with Crippen molar-refractivity contribution in [3.8, 4) is 11.3 Å². The molecule has 2 aromatic carbocycles. The molecule has 23 heavy (non-hydrogen) atoms. The van der Waals surface area contributed by atoms with E-state index in [2.05, 4.69) is 45.8 Å². The fraction of sp³-hybridized carbons (Fsp3) is 0.222. The van der Waals surface area contributed by atoms with Crippen molar-refractivity contribution in [1.29, 1.82) is 0 Å². The van der Waals surface area contributed by atoms with Gasteiger partial charge in [-0.15, -0.1) is 0 Å². The summed E-state index contributed by atoms with van der Waals surface area (Å²) in [5, 5.41) is 1.62. The van der Waals surface area contributed by atoms with Crippen LogP contribution in [0.4, 0.5) is 4.39 Å². The molecule has 3 rings (SSSR count). The lowest BCUT2D eigenvalue weighted by Crippen LogP contribution is -1.99. The maximum atomic E-state index is 13.4. The smallest absolute Gasteiger partial charge is 0.124 e. The Labute approximate surface area is 153 Å². The molecular weight excluding hydrogens is 426 g/mol. The Kier molecular flexibility index (Phi) is 5.24. The van der Waals surface area contributed by atoms with Crippen molar-refractivity contribution in [2.24, 2.45) is 5.73 Å². The zero-order chi connectivity index (χ0) is 16.4. The molecule has 0 spiro atoms. The second kappa shape index (κ2) is 7.20. The van der Waals surface area contributed by atoms with Crippen LogP contribution in [0.15, 0.2) is 36.4 Å². The Morgan fingerprint density at radius 3 is 2.70 bits per heavy atom. The molecule has 0 amide bonds. The first-order chi connectivity index (χ1) is 11.1. The molecule has 3 N–H and O–H groups in total. The first-order valence-electron chi connectivity index (χ1n) is 7.55. The number of aromatic nitrogens is 1. The van der Waals surface area contributed by atoms with E-state index in [4.69, 9.17) is 17.3 Å². The molecule has 5 heteroatoms. The quantitative estimate of drug-likeness (QED) is 0.397. The molecule has 0 saturated heterocycles.